The Hall–Kier alpha value is -1.82. The van der Waals surface area contributed by atoms with Crippen molar-refractivity contribution < 1.29 is 13.9 Å². The number of hydrogen-bond donors (Lipinski definition) is 2. The van der Waals surface area contributed by atoms with Crippen molar-refractivity contribution >= 4 is 17.3 Å². The lowest BCUT2D eigenvalue weighted by atomic mass is 10.1. The second-order valence-electron chi connectivity index (χ2n) is 4.42. The Morgan fingerprint density at radius 1 is 1.58 bits per heavy atom. The zero-order chi connectivity index (χ0) is 13.8. The topological polar surface area (TPSA) is 67.6 Å². The van der Waals surface area contributed by atoms with Gasteiger partial charge in [-0.1, -0.05) is 0 Å². The molecule has 1 aliphatic rings. The van der Waals surface area contributed by atoms with Gasteiger partial charge in [0.25, 0.3) is 0 Å². The standard InChI is InChI=1S/C13H18FN3O2/c1-2-16-13(18)12-8-19-4-3-17(12)11-6-9(14)5-10(15)7-11/h5-7,12H,2-4,8,15H2,1H3,(H,16,18). The summed E-state index contributed by atoms with van der Waals surface area (Å²) in [4.78, 5) is 13.8. The fourth-order valence-corrected chi connectivity index (χ4v) is 2.18. The number of nitrogens with two attached hydrogens (primary N) is 1. The lowest BCUT2D eigenvalue weighted by Crippen LogP contribution is -2.54. The molecule has 6 heteroatoms. The molecule has 0 radical (unpaired) electrons. The Balaban J connectivity index is 2.25. The highest BCUT2D eigenvalue weighted by Crippen LogP contribution is 2.23. The van der Waals surface area contributed by atoms with E-state index in [2.05, 4.69) is 5.32 Å². The van der Waals surface area contributed by atoms with Crippen LogP contribution in [-0.2, 0) is 9.53 Å². The number of nitrogens with one attached hydrogen (secondary N) is 1. The summed E-state index contributed by atoms with van der Waals surface area (Å²) >= 11 is 0. The molecule has 104 valence electrons. The zero-order valence-corrected chi connectivity index (χ0v) is 10.9. The first-order valence-corrected chi connectivity index (χ1v) is 6.30. The number of carbonyl (C=O) groups is 1. The summed E-state index contributed by atoms with van der Waals surface area (Å²) in [6, 6.07) is 3.86. The van der Waals surface area contributed by atoms with E-state index in [1.807, 2.05) is 11.8 Å². The van der Waals surface area contributed by atoms with E-state index >= 15 is 0 Å². The third kappa shape index (κ3) is 3.14. The van der Waals surface area contributed by atoms with Gasteiger partial charge in [0.1, 0.15) is 11.9 Å². The van der Waals surface area contributed by atoms with Crippen molar-refractivity contribution in [1.29, 1.82) is 0 Å². The van der Waals surface area contributed by atoms with Crippen LogP contribution in [0.25, 0.3) is 0 Å². The second kappa shape index (κ2) is 5.88. The van der Waals surface area contributed by atoms with E-state index in [0.717, 1.165) is 0 Å². The third-order valence-electron chi connectivity index (χ3n) is 3.02. The van der Waals surface area contributed by atoms with E-state index in [1.54, 1.807) is 6.07 Å². The normalized spacial score (nSPS) is 19.3. The Bertz CT molecular complexity index is 447. The Morgan fingerprint density at radius 2 is 2.37 bits per heavy atom. The number of anilines is 2. The number of benzene rings is 1. The van der Waals surface area contributed by atoms with Crippen LogP contribution in [0.3, 0.4) is 0 Å². The number of carbonyl (C=O) groups excluding carboxylic acids is 1. The van der Waals surface area contributed by atoms with Gasteiger partial charge in [-0.3, -0.25) is 4.79 Å². The van der Waals surface area contributed by atoms with Crippen molar-refractivity contribution in [3.05, 3.63) is 24.0 Å². The fraction of sp³-hybridized carbons (Fsp3) is 0.462. The summed E-state index contributed by atoms with van der Waals surface area (Å²) in [5.41, 5.74) is 6.60. The molecule has 1 fully saturated rings. The number of halogens is 1. The van der Waals surface area contributed by atoms with Crippen LogP contribution >= 0.6 is 0 Å². The predicted octanol–water partition coefficient (Wildman–Crippen LogP) is 0.749. The van der Waals surface area contributed by atoms with Gasteiger partial charge in [0.15, 0.2) is 0 Å². The van der Waals surface area contributed by atoms with Gasteiger partial charge < -0.3 is 20.7 Å². The van der Waals surface area contributed by atoms with E-state index in [0.29, 0.717) is 37.7 Å². The van der Waals surface area contributed by atoms with Crippen LogP contribution in [-0.4, -0.2) is 38.3 Å². The second-order valence-corrected chi connectivity index (χ2v) is 4.42. The quantitative estimate of drug-likeness (QED) is 0.793. The Kier molecular flexibility index (Phi) is 4.21. The molecule has 5 nitrogen and oxygen atoms in total. The SMILES string of the molecule is CCNC(=O)C1COCCN1c1cc(N)cc(F)c1. The van der Waals surface area contributed by atoms with E-state index in [1.165, 1.54) is 12.1 Å². The predicted molar refractivity (Wildman–Crippen MR) is 71.4 cm³/mol. The molecule has 0 aromatic heterocycles. The van der Waals surface area contributed by atoms with Gasteiger partial charge in [-0.25, -0.2) is 4.39 Å². The van der Waals surface area contributed by atoms with Crippen LogP contribution in [0.1, 0.15) is 6.92 Å². The molecule has 0 aliphatic carbocycles. The van der Waals surface area contributed by atoms with E-state index in [-0.39, 0.29) is 5.91 Å². The van der Waals surface area contributed by atoms with Crippen LogP contribution in [0.5, 0.6) is 0 Å². The average Bonchev–Trinajstić information content (AvgIpc) is 2.38. The molecule has 1 atom stereocenters. The van der Waals surface area contributed by atoms with Crippen molar-refractivity contribution in [3.8, 4) is 0 Å². The first-order chi connectivity index (χ1) is 9.11. The average molecular weight is 267 g/mol. The number of hydrogen-bond acceptors (Lipinski definition) is 4. The molecule has 0 bridgehead atoms. The number of nitrogens with zero attached hydrogens (tertiary/aromatic N) is 1. The van der Waals surface area contributed by atoms with Gasteiger partial charge in [0.2, 0.25) is 5.91 Å². The Labute approximate surface area is 111 Å². The van der Waals surface area contributed by atoms with Gasteiger partial charge in [0.05, 0.1) is 13.2 Å². The highest BCUT2D eigenvalue weighted by Gasteiger charge is 2.29. The molecule has 19 heavy (non-hydrogen) atoms. The largest absolute Gasteiger partial charge is 0.399 e. The minimum Gasteiger partial charge on any atom is -0.399 e. The molecule has 1 aromatic carbocycles. The highest BCUT2D eigenvalue weighted by molar-refractivity contribution is 5.85. The van der Waals surface area contributed by atoms with E-state index in [4.69, 9.17) is 10.5 Å². The molecular formula is C13H18FN3O2. The van der Waals surface area contributed by atoms with Crippen molar-refractivity contribution in [2.75, 3.05) is 36.9 Å². The van der Waals surface area contributed by atoms with Gasteiger partial charge >= 0.3 is 0 Å². The summed E-state index contributed by atoms with van der Waals surface area (Å²) in [5, 5.41) is 2.76. The van der Waals surface area contributed by atoms with E-state index < -0.39 is 11.9 Å². The first-order valence-electron chi connectivity index (χ1n) is 6.30. The number of amides is 1. The maximum atomic E-state index is 13.4. The maximum absolute atomic E-state index is 13.4. The lowest BCUT2D eigenvalue weighted by molar-refractivity contribution is -0.124. The minimum absolute atomic E-state index is 0.120. The monoisotopic (exact) mass is 267 g/mol. The summed E-state index contributed by atoms with van der Waals surface area (Å²) in [7, 11) is 0. The molecule has 0 spiro atoms. The van der Waals surface area contributed by atoms with Gasteiger partial charge in [-0.05, 0) is 25.1 Å². The van der Waals surface area contributed by atoms with Crippen molar-refractivity contribution in [1.82, 2.24) is 5.32 Å². The Morgan fingerprint density at radius 3 is 3.05 bits per heavy atom. The van der Waals surface area contributed by atoms with Crippen LogP contribution in [0.4, 0.5) is 15.8 Å². The molecule has 1 amide bonds. The number of nitrogen functional groups attached to an aromatic ring is 1. The molecular weight excluding hydrogens is 249 g/mol. The number of rotatable bonds is 3. The van der Waals surface area contributed by atoms with Gasteiger partial charge in [-0.15, -0.1) is 0 Å². The molecule has 3 N–H and O–H groups in total. The molecule has 2 rings (SSSR count). The summed E-state index contributed by atoms with van der Waals surface area (Å²) < 4.78 is 18.8. The molecule has 1 unspecified atom stereocenters. The molecule has 1 aliphatic heterocycles. The molecule has 1 saturated heterocycles. The zero-order valence-electron chi connectivity index (χ0n) is 10.9. The lowest BCUT2D eigenvalue weighted by Gasteiger charge is -2.36. The van der Waals surface area contributed by atoms with Gasteiger partial charge in [-0.2, -0.15) is 0 Å². The fourth-order valence-electron chi connectivity index (χ4n) is 2.18. The van der Waals surface area contributed by atoms with Crippen molar-refractivity contribution in [2.24, 2.45) is 0 Å². The summed E-state index contributed by atoms with van der Waals surface area (Å²) in [5.74, 6) is -0.527. The first kappa shape index (κ1) is 13.6. The summed E-state index contributed by atoms with van der Waals surface area (Å²) in [6.45, 7) is 3.74. The highest BCUT2D eigenvalue weighted by atomic mass is 19.1. The summed E-state index contributed by atoms with van der Waals surface area (Å²) in [6.07, 6.45) is 0. The van der Waals surface area contributed by atoms with Crippen LogP contribution in [0.15, 0.2) is 18.2 Å². The maximum Gasteiger partial charge on any atom is 0.245 e. The minimum atomic E-state index is -0.449. The van der Waals surface area contributed by atoms with Crippen molar-refractivity contribution in [3.63, 3.8) is 0 Å². The third-order valence-corrected chi connectivity index (χ3v) is 3.02. The van der Waals surface area contributed by atoms with Crippen LogP contribution in [0.2, 0.25) is 0 Å². The van der Waals surface area contributed by atoms with Crippen LogP contribution in [0, 0.1) is 5.82 Å². The van der Waals surface area contributed by atoms with Gasteiger partial charge in [0, 0.05) is 24.5 Å². The number of likely N-dealkylation sites (N-methyl/N-ethyl adjacent to an activating group) is 1. The van der Waals surface area contributed by atoms with Crippen molar-refractivity contribution in [2.45, 2.75) is 13.0 Å². The molecule has 1 heterocycles. The smallest absolute Gasteiger partial charge is 0.245 e. The molecule has 0 saturated carbocycles. The number of morpholine rings is 1. The van der Waals surface area contributed by atoms with Crippen LogP contribution < -0.4 is 16.0 Å². The molecule has 1 aromatic rings. The number of ether oxygens (including phenoxy) is 1. The van der Waals surface area contributed by atoms with E-state index in [9.17, 15) is 9.18 Å².